The fraction of sp³-hybridized carbons (Fsp3) is 0.185. The molecule has 0 atom stereocenters. The van der Waals surface area contributed by atoms with Gasteiger partial charge in [0.2, 0.25) is 0 Å². The van der Waals surface area contributed by atoms with Gasteiger partial charge in [0.05, 0.1) is 16.6 Å². The van der Waals surface area contributed by atoms with E-state index in [0.29, 0.717) is 35.1 Å². The molecule has 0 bridgehead atoms. The Labute approximate surface area is 201 Å². The van der Waals surface area contributed by atoms with Crippen LogP contribution < -0.4 is 4.74 Å². The zero-order chi connectivity index (χ0) is 23.8. The van der Waals surface area contributed by atoms with Crippen LogP contribution in [0.4, 0.5) is 4.39 Å². The number of imidazole rings is 1. The minimum absolute atomic E-state index is 0.267. The number of allylic oxidation sites excluding steroid dienone is 1. The Bertz CT molecular complexity index is 1500. The summed E-state index contributed by atoms with van der Waals surface area (Å²) in [6, 6.07) is 18.5. The van der Waals surface area contributed by atoms with E-state index in [1.807, 2.05) is 30.3 Å². The summed E-state index contributed by atoms with van der Waals surface area (Å²) in [4.78, 5) is 4.68. The smallest absolute Gasteiger partial charge is 0.136 e. The van der Waals surface area contributed by atoms with Crippen molar-refractivity contribution in [1.82, 2.24) is 9.55 Å². The largest absolute Gasteiger partial charge is 0.488 e. The van der Waals surface area contributed by atoms with Crippen LogP contribution in [0.1, 0.15) is 35.0 Å². The monoisotopic (exact) mass is 473 g/mol. The molecule has 7 heteroatoms. The molecule has 2 heterocycles. The third kappa shape index (κ3) is 3.83. The van der Waals surface area contributed by atoms with E-state index < -0.39 is 0 Å². The van der Waals surface area contributed by atoms with Crippen molar-refractivity contribution in [2.75, 3.05) is 7.11 Å². The first-order valence-electron chi connectivity index (χ1n) is 10.8. The van der Waals surface area contributed by atoms with E-state index in [9.17, 15) is 9.65 Å². The van der Waals surface area contributed by atoms with Gasteiger partial charge in [-0.3, -0.25) is 0 Å². The maximum absolute atomic E-state index is 13.9. The number of hydrogen-bond donors (Lipinski definition) is 0. The summed E-state index contributed by atoms with van der Waals surface area (Å²) in [6.07, 6.45) is 0. The number of aromatic nitrogens is 2. The lowest BCUT2D eigenvalue weighted by molar-refractivity contribution is 0.175. The quantitative estimate of drug-likeness (QED) is 0.328. The molecule has 0 radical (unpaired) electrons. The molecule has 0 saturated heterocycles. The standard InChI is InChI=1S/C27H21ClFN3O2/c1-16(12-30)26-20-8-6-17(10-18(20)14-34-24-11-19(29)7-9-21(24)26)13-32-23-5-3-4-22(28)27(23)31-25(32)15-33-2/h3-11H,13-15H2,1-2H3/b26-16+. The second-order valence-electron chi connectivity index (χ2n) is 8.19. The maximum Gasteiger partial charge on any atom is 0.136 e. The van der Waals surface area contributed by atoms with Crippen LogP contribution in [0.2, 0.25) is 5.02 Å². The number of halogens is 2. The minimum Gasteiger partial charge on any atom is -0.488 e. The van der Waals surface area contributed by atoms with E-state index in [4.69, 9.17) is 21.1 Å². The highest BCUT2D eigenvalue weighted by Gasteiger charge is 2.23. The first-order valence-corrected chi connectivity index (χ1v) is 11.2. The Balaban J connectivity index is 1.61. The maximum atomic E-state index is 13.9. The minimum atomic E-state index is -0.379. The van der Waals surface area contributed by atoms with Gasteiger partial charge in [0, 0.05) is 36.4 Å². The van der Waals surface area contributed by atoms with Crippen LogP contribution in [-0.2, 0) is 24.5 Å². The molecule has 5 nitrogen and oxygen atoms in total. The third-order valence-electron chi connectivity index (χ3n) is 6.00. The van der Waals surface area contributed by atoms with E-state index in [1.54, 1.807) is 20.1 Å². The predicted molar refractivity (Wildman–Crippen MR) is 129 cm³/mol. The van der Waals surface area contributed by atoms with Crippen molar-refractivity contribution < 1.29 is 13.9 Å². The molecule has 0 spiro atoms. The number of ether oxygens (including phenoxy) is 2. The second-order valence-corrected chi connectivity index (χ2v) is 8.59. The van der Waals surface area contributed by atoms with Crippen LogP contribution in [0.15, 0.2) is 60.2 Å². The normalized spacial score (nSPS) is 14.1. The number of para-hydroxylation sites is 1. The SMILES string of the molecule is COCc1nc2c(Cl)cccc2n1Cc1ccc2c(c1)COc1cc(F)ccc1/C2=C(\C)C#N. The average molecular weight is 474 g/mol. The van der Waals surface area contributed by atoms with Crippen LogP contribution >= 0.6 is 11.6 Å². The number of hydrogen-bond acceptors (Lipinski definition) is 4. The summed E-state index contributed by atoms with van der Waals surface area (Å²) >= 11 is 6.38. The van der Waals surface area contributed by atoms with Crippen molar-refractivity contribution in [2.24, 2.45) is 0 Å². The van der Waals surface area contributed by atoms with Gasteiger partial charge in [0.15, 0.2) is 0 Å². The highest BCUT2D eigenvalue weighted by molar-refractivity contribution is 6.34. The Morgan fingerprint density at radius 2 is 2.03 bits per heavy atom. The van der Waals surface area contributed by atoms with E-state index in [1.165, 1.54) is 12.1 Å². The number of nitriles is 1. The Hall–Kier alpha value is -3.66. The number of fused-ring (bicyclic) bond motifs is 3. The molecule has 0 unspecified atom stereocenters. The van der Waals surface area contributed by atoms with Gasteiger partial charge in [-0.05, 0) is 53.9 Å². The van der Waals surface area contributed by atoms with Crippen LogP contribution in [-0.4, -0.2) is 16.7 Å². The lowest BCUT2D eigenvalue weighted by atomic mass is 9.90. The van der Waals surface area contributed by atoms with Crippen molar-refractivity contribution in [1.29, 1.82) is 5.26 Å². The molecular formula is C27H21ClFN3O2. The number of rotatable bonds is 4. The van der Waals surface area contributed by atoms with Gasteiger partial charge in [-0.1, -0.05) is 29.8 Å². The van der Waals surface area contributed by atoms with Crippen molar-refractivity contribution in [3.05, 3.63) is 99.1 Å². The van der Waals surface area contributed by atoms with Crippen LogP contribution in [0.3, 0.4) is 0 Å². The second kappa shape index (κ2) is 8.94. The molecular weight excluding hydrogens is 453 g/mol. The molecule has 170 valence electrons. The number of methoxy groups -OCH3 is 1. The molecule has 0 saturated carbocycles. The average Bonchev–Trinajstić information content (AvgIpc) is 3.09. The van der Waals surface area contributed by atoms with E-state index >= 15 is 0 Å². The lowest BCUT2D eigenvalue weighted by Crippen LogP contribution is -2.07. The van der Waals surface area contributed by atoms with Crippen LogP contribution in [0, 0.1) is 17.1 Å². The summed E-state index contributed by atoms with van der Waals surface area (Å²) in [6.45, 7) is 2.95. The molecule has 1 aliphatic heterocycles. The Kier molecular flexibility index (Phi) is 5.82. The Morgan fingerprint density at radius 1 is 1.21 bits per heavy atom. The van der Waals surface area contributed by atoms with Crippen LogP contribution in [0.25, 0.3) is 16.6 Å². The molecule has 3 aromatic carbocycles. The number of nitrogens with zero attached hydrogens (tertiary/aromatic N) is 3. The molecule has 4 aromatic rings. The number of benzene rings is 3. The van der Waals surface area contributed by atoms with E-state index in [2.05, 4.69) is 21.7 Å². The third-order valence-corrected chi connectivity index (χ3v) is 6.31. The zero-order valence-corrected chi connectivity index (χ0v) is 19.5. The predicted octanol–water partition coefficient (Wildman–Crippen LogP) is 6.26. The molecule has 34 heavy (non-hydrogen) atoms. The van der Waals surface area contributed by atoms with Gasteiger partial charge in [-0.15, -0.1) is 0 Å². The lowest BCUT2D eigenvalue weighted by Gasteiger charge is -2.14. The van der Waals surface area contributed by atoms with E-state index in [-0.39, 0.29) is 12.4 Å². The Morgan fingerprint density at radius 3 is 2.82 bits per heavy atom. The molecule has 1 aromatic heterocycles. The molecule has 0 aliphatic carbocycles. The first kappa shape index (κ1) is 22.1. The van der Waals surface area contributed by atoms with Crippen molar-refractivity contribution >= 4 is 28.2 Å². The first-order chi connectivity index (χ1) is 16.5. The zero-order valence-electron chi connectivity index (χ0n) is 18.7. The van der Waals surface area contributed by atoms with Crippen molar-refractivity contribution in [2.45, 2.75) is 26.7 Å². The van der Waals surface area contributed by atoms with Crippen LogP contribution in [0.5, 0.6) is 5.75 Å². The van der Waals surface area contributed by atoms with Gasteiger partial charge < -0.3 is 14.0 Å². The van der Waals surface area contributed by atoms with E-state index in [0.717, 1.165) is 39.1 Å². The molecule has 0 amide bonds. The summed E-state index contributed by atoms with van der Waals surface area (Å²) in [5.74, 6) is 0.830. The van der Waals surface area contributed by atoms with Crippen molar-refractivity contribution in [3.63, 3.8) is 0 Å². The summed E-state index contributed by atoms with van der Waals surface area (Å²) in [5.41, 5.74) is 6.55. The van der Waals surface area contributed by atoms with Gasteiger partial charge in [-0.2, -0.15) is 5.26 Å². The fourth-order valence-corrected chi connectivity index (χ4v) is 4.66. The summed E-state index contributed by atoms with van der Waals surface area (Å²) in [5, 5.41) is 10.3. The van der Waals surface area contributed by atoms with Gasteiger partial charge >= 0.3 is 0 Å². The van der Waals surface area contributed by atoms with Gasteiger partial charge in [0.25, 0.3) is 0 Å². The topological polar surface area (TPSA) is 60.1 Å². The molecule has 0 fully saturated rings. The molecule has 0 N–H and O–H groups in total. The van der Waals surface area contributed by atoms with Gasteiger partial charge in [-0.25, -0.2) is 9.37 Å². The highest BCUT2D eigenvalue weighted by Crippen LogP contribution is 2.39. The summed E-state index contributed by atoms with van der Waals surface area (Å²) in [7, 11) is 1.64. The molecule has 5 rings (SSSR count). The van der Waals surface area contributed by atoms with Crippen molar-refractivity contribution in [3.8, 4) is 11.8 Å². The fourth-order valence-electron chi connectivity index (χ4n) is 4.45. The molecule has 1 aliphatic rings. The van der Waals surface area contributed by atoms with Gasteiger partial charge in [0.1, 0.15) is 36.1 Å². The summed E-state index contributed by atoms with van der Waals surface area (Å²) < 4.78 is 27.3. The highest BCUT2D eigenvalue weighted by atomic mass is 35.5.